The summed E-state index contributed by atoms with van der Waals surface area (Å²) in [5.41, 5.74) is 0.998. The molecule has 182 valence electrons. The first-order chi connectivity index (χ1) is 16.0. The van der Waals surface area contributed by atoms with Crippen LogP contribution >= 0.6 is 0 Å². The SMILES string of the molecule is COCc1ccc([C@@H](NC(=O)[C@@H]2CNC(=O)C2)C(=O)Nc2cc(F)c([Si](C)(C)C)cc2F)cc1. The van der Waals surface area contributed by atoms with Gasteiger partial charge in [0, 0.05) is 26.1 Å². The molecule has 1 saturated heterocycles. The van der Waals surface area contributed by atoms with Crippen molar-refractivity contribution in [3.63, 3.8) is 0 Å². The molecule has 10 heteroatoms. The Hall–Kier alpha value is -3.11. The van der Waals surface area contributed by atoms with Gasteiger partial charge in [0.2, 0.25) is 11.8 Å². The van der Waals surface area contributed by atoms with Crippen molar-refractivity contribution in [3.05, 3.63) is 59.2 Å². The number of rotatable bonds is 8. The topological polar surface area (TPSA) is 96.5 Å². The molecule has 0 unspecified atom stereocenters. The Morgan fingerprint density at radius 2 is 1.82 bits per heavy atom. The van der Waals surface area contributed by atoms with Crippen LogP contribution in [0.25, 0.3) is 0 Å². The van der Waals surface area contributed by atoms with Crippen LogP contribution in [-0.4, -0.2) is 39.4 Å². The second-order valence-electron chi connectivity index (χ2n) is 9.37. The van der Waals surface area contributed by atoms with Crippen molar-refractivity contribution in [3.8, 4) is 0 Å². The summed E-state index contributed by atoms with van der Waals surface area (Å²) in [4.78, 5) is 37.4. The van der Waals surface area contributed by atoms with Crippen molar-refractivity contribution in [2.75, 3.05) is 19.0 Å². The monoisotopic (exact) mass is 489 g/mol. The molecule has 0 saturated carbocycles. The highest BCUT2D eigenvalue weighted by Crippen LogP contribution is 2.22. The molecule has 2 aromatic rings. The van der Waals surface area contributed by atoms with E-state index < -0.39 is 43.5 Å². The first kappa shape index (κ1) is 25.5. The number of nitrogens with one attached hydrogen (secondary N) is 3. The van der Waals surface area contributed by atoms with Crippen LogP contribution in [0.1, 0.15) is 23.6 Å². The Morgan fingerprint density at radius 3 is 2.38 bits per heavy atom. The summed E-state index contributed by atoms with van der Waals surface area (Å²) in [6, 6.07) is 7.72. The summed E-state index contributed by atoms with van der Waals surface area (Å²) in [6.45, 7) is 6.22. The number of methoxy groups -OCH3 is 1. The van der Waals surface area contributed by atoms with Crippen molar-refractivity contribution < 1.29 is 27.9 Å². The summed E-state index contributed by atoms with van der Waals surface area (Å²) in [5.74, 6) is -3.43. The number of benzene rings is 2. The number of halogens is 2. The lowest BCUT2D eigenvalue weighted by Crippen LogP contribution is -2.41. The molecule has 1 heterocycles. The van der Waals surface area contributed by atoms with Crippen LogP contribution in [0.3, 0.4) is 0 Å². The Bertz CT molecular complexity index is 1090. The molecule has 3 rings (SSSR count). The van der Waals surface area contributed by atoms with Crippen molar-refractivity contribution in [2.45, 2.75) is 38.7 Å². The second-order valence-corrected chi connectivity index (χ2v) is 14.4. The van der Waals surface area contributed by atoms with Crippen LogP contribution in [-0.2, 0) is 25.7 Å². The zero-order valence-corrected chi connectivity index (χ0v) is 20.6. The molecule has 0 bridgehead atoms. The van der Waals surface area contributed by atoms with Gasteiger partial charge in [0.05, 0.1) is 26.3 Å². The fourth-order valence-corrected chi connectivity index (χ4v) is 5.09. The number of carbonyl (C=O) groups is 3. The third-order valence-corrected chi connectivity index (χ3v) is 7.64. The van der Waals surface area contributed by atoms with E-state index >= 15 is 0 Å². The van der Waals surface area contributed by atoms with Crippen LogP contribution in [0.2, 0.25) is 19.6 Å². The molecule has 0 radical (unpaired) electrons. The van der Waals surface area contributed by atoms with Gasteiger partial charge in [0.15, 0.2) is 0 Å². The average molecular weight is 490 g/mol. The lowest BCUT2D eigenvalue weighted by Gasteiger charge is -2.22. The van der Waals surface area contributed by atoms with Gasteiger partial charge >= 0.3 is 0 Å². The standard InChI is InChI=1S/C24H29F2N3O4Si/c1-33-13-14-5-7-15(8-6-14)22(29-23(31)16-9-21(30)27-12-16)24(32)28-19-10-18(26)20(11-17(19)25)34(2,3)4/h5-8,10-11,16,22H,9,12-13H2,1-4H3,(H,27,30)(H,28,32)(H,29,31)/t16-,22+/m0/s1. The molecule has 0 spiro atoms. The highest BCUT2D eigenvalue weighted by molar-refractivity contribution is 6.88. The molecule has 3 N–H and O–H groups in total. The zero-order chi connectivity index (χ0) is 25.0. The van der Waals surface area contributed by atoms with Crippen LogP contribution < -0.4 is 21.1 Å². The summed E-state index contributed by atoms with van der Waals surface area (Å²) in [6.07, 6.45) is 0.0188. The smallest absolute Gasteiger partial charge is 0.251 e. The van der Waals surface area contributed by atoms with Crippen LogP contribution in [0.5, 0.6) is 0 Å². The Balaban J connectivity index is 1.87. The van der Waals surface area contributed by atoms with E-state index in [0.717, 1.165) is 17.7 Å². The van der Waals surface area contributed by atoms with Crippen molar-refractivity contribution in [1.82, 2.24) is 10.6 Å². The van der Waals surface area contributed by atoms with Gasteiger partial charge in [-0.2, -0.15) is 0 Å². The van der Waals surface area contributed by atoms with Crippen LogP contribution in [0, 0.1) is 17.6 Å². The molecule has 1 aliphatic rings. The highest BCUT2D eigenvalue weighted by atomic mass is 28.3. The molecule has 1 fully saturated rings. The minimum absolute atomic E-state index is 0.0188. The van der Waals surface area contributed by atoms with E-state index in [1.54, 1.807) is 31.4 Å². The lowest BCUT2D eigenvalue weighted by molar-refractivity contribution is -0.129. The molecular formula is C24H29F2N3O4Si. The highest BCUT2D eigenvalue weighted by Gasteiger charge is 2.32. The summed E-state index contributed by atoms with van der Waals surface area (Å²) >= 11 is 0. The number of anilines is 1. The largest absolute Gasteiger partial charge is 0.380 e. The van der Waals surface area contributed by atoms with Gasteiger partial charge in [-0.05, 0) is 22.4 Å². The predicted molar refractivity (Wildman–Crippen MR) is 127 cm³/mol. The lowest BCUT2D eigenvalue weighted by atomic mass is 10.0. The molecule has 7 nitrogen and oxygen atoms in total. The fraction of sp³-hybridized carbons (Fsp3) is 0.375. The van der Waals surface area contributed by atoms with Gasteiger partial charge in [-0.15, -0.1) is 0 Å². The Kier molecular flexibility index (Phi) is 7.83. The number of ether oxygens (including phenoxy) is 1. The number of carbonyl (C=O) groups excluding carboxylic acids is 3. The predicted octanol–water partition coefficient (Wildman–Crippen LogP) is 2.59. The molecule has 34 heavy (non-hydrogen) atoms. The van der Waals surface area contributed by atoms with E-state index in [-0.39, 0.29) is 24.6 Å². The molecule has 3 amide bonds. The Morgan fingerprint density at radius 1 is 1.15 bits per heavy atom. The van der Waals surface area contributed by atoms with Gasteiger partial charge in [0.1, 0.15) is 17.7 Å². The van der Waals surface area contributed by atoms with Gasteiger partial charge in [-0.25, -0.2) is 8.78 Å². The van der Waals surface area contributed by atoms with E-state index in [9.17, 15) is 23.2 Å². The van der Waals surface area contributed by atoms with E-state index in [4.69, 9.17) is 4.74 Å². The third-order valence-electron chi connectivity index (χ3n) is 5.64. The van der Waals surface area contributed by atoms with Crippen molar-refractivity contribution in [1.29, 1.82) is 0 Å². The van der Waals surface area contributed by atoms with Gasteiger partial charge in [0.25, 0.3) is 5.91 Å². The van der Waals surface area contributed by atoms with E-state index in [0.29, 0.717) is 17.4 Å². The van der Waals surface area contributed by atoms with Crippen LogP contribution in [0.4, 0.5) is 14.5 Å². The molecule has 0 aliphatic carbocycles. The summed E-state index contributed by atoms with van der Waals surface area (Å²) in [5, 5.41) is 7.97. The minimum atomic E-state index is -2.13. The quantitative estimate of drug-likeness (QED) is 0.497. The second kappa shape index (κ2) is 10.4. The van der Waals surface area contributed by atoms with E-state index in [1.165, 1.54) is 0 Å². The van der Waals surface area contributed by atoms with E-state index in [2.05, 4.69) is 16.0 Å². The molecule has 0 aromatic heterocycles. The third kappa shape index (κ3) is 6.06. The van der Waals surface area contributed by atoms with Gasteiger partial charge in [-0.3, -0.25) is 14.4 Å². The zero-order valence-electron chi connectivity index (χ0n) is 19.6. The number of amides is 3. The average Bonchev–Trinajstić information content (AvgIpc) is 3.20. The van der Waals surface area contributed by atoms with Gasteiger partial charge in [-0.1, -0.05) is 43.9 Å². The van der Waals surface area contributed by atoms with Gasteiger partial charge < -0.3 is 20.7 Å². The maximum absolute atomic E-state index is 14.8. The first-order valence-corrected chi connectivity index (χ1v) is 14.4. The maximum Gasteiger partial charge on any atom is 0.251 e. The first-order valence-electron chi connectivity index (χ1n) is 10.9. The van der Waals surface area contributed by atoms with Crippen molar-refractivity contribution >= 4 is 36.7 Å². The normalized spacial score (nSPS) is 16.6. The minimum Gasteiger partial charge on any atom is -0.380 e. The summed E-state index contributed by atoms with van der Waals surface area (Å²) in [7, 11) is -0.572. The number of hydrogen-bond acceptors (Lipinski definition) is 4. The Labute approximate surface area is 198 Å². The molecular weight excluding hydrogens is 460 g/mol. The van der Waals surface area contributed by atoms with E-state index in [1.807, 2.05) is 19.6 Å². The molecule has 1 aliphatic heterocycles. The summed E-state index contributed by atoms with van der Waals surface area (Å²) < 4.78 is 34.5. The van der Waals surface area contributed by atoms with Crippen LogP contribution in [0.15, 0.2) is 36.4 Å². The maximum atomic E-state index is 14.8. The van der Waals surface area contributed by atoms with Crippen molar-refractivity contribution in [2.24, 2.45) is 5.92 Å². The molecule has 2 aromatic carbocycles. The fourth-order valence-electron chi connectivity index (χ4n) is 3.75. The number of hydrogen-bond donors (Lipinski definition) is 3. The molecule has 2 atom stereocenters.